The Kier molecular flexibility index (Phi) is 5.00. The molecule has 0 atom stereocenters. The topological polar surface area (TPSA) is 83.6 Å². The average molecular weight is 410 g/mol. The first-order chi connectivity index (χ1) is 13.9. The number of hydrogen-bond donors (Lipinski definition) is 1. The molecule has 0 unspecified atom stereocenters. The molecule has 1 saturated heterocycles. The number of carbonyl (C=O) groups is 2. The van der Waals surface area contributed by atoms with Crippen molar-refractivity contribution >= 4 is 27.3 Å². The van der Waals surface area contributed by atoms with Gasteiger partial charge in [-0.2, -0.15) is 0 Å². The first-order valence-electron chi connectivity index (χ1n) is 9.66. The number of para-hydroxylation sites is 1. The predicted molar refractivity (Wildman–Crippen MR) is 111 cm³/mol. The molecule has 6 nitrogen and oxygen atoms in total. The van der Waals surface area contributed by atoms with Gasteiger partial charge in [0, 0.05) is 24.2 Å². The van der Waals surface area contributed by atoms with E-state index in [0.717, 1.165) is 24.8 Å². The Bertz CT molecular complexity index is 1130. The van der Waals surface area contributed by atoms with Crippen LogP contribution in [0, 0.1) is 6.92 Å². The maximum atomic E-state index is 13.4. The summed E-state index contributed by atoms with van der Waals surface area (Å²) in [5, 5.41) is 0. The zero-order valence-corrected chi connectivity index (χ0v) is 17.0. The summed E-state index contributed by atoms with van der Waals surface area (Å²) in [7, 11) is -4.26. The molecule has 2 aromatic carbocycles. The van der Waals surface area contributed by atoms with Crippen LogP contribution in [0.1, 0.15) is 45.5 Å². The number of Topliss-reactive ketones (excluding diaryl/α,β-unsaturated/α-hetero) is 2. The Morgan fingerprint density at radius 3 is 2.07 bits per heavy atom. The highest BCUT2D eigenvalue weighted by atomic mass is 32.2. The van der Waals surface area contributed by atoms with Crippen LogP contribution in [0.15, 0.2) is 59.1 Å². The van der Waals surface area contributed by atoms with Crippen molar-refractivity contribution in [1.29, 1.82) is 0 Å². The van der Waals surface area contributed by atoms with Gasteiger partial charge >= 0.3 is 0 Å². The first kappa shape index (κ1) is 19.4. The molecular weight excluding hydrogens is 388 g/mol. The van der Waals surface area contributed by atoms with Gasteiger partial charge in [-0.1, -0.05) is 42.5 Å². The van der Waals surface area contributed by atoms with E-state index in [1.807, 2.05) is 0 Å². The number of allylic oxidation sites excluding steroid dienone is 2. The molecule has 1 aliphatic carbocycles. The van der Waals surface area contributed by atoms with Crippen LogP contribution in [-0.2, 0) is 10.0 Å². The maximum Gasteiger partial charge on any atom is 0.268 e. The van der Waals surface area contributed by atoms with Crippen molar-refractivity contribution in [3.63, 3.8) is 0 Å². The largest absolute Gasteiger partial charge is 0.367 e. The molecule has 0 amide bonds. The van der Waals surface area contributed by atoms with Crippen LogP contribution in [0.4, 0.5) is 5.69 Å². The second-order valence-corrected chi connectivity index (χ2v) is 8.97. The van der Waals surface area contributed by atoms with Crippen molar-refractivity contribution in [2.75, 3.05) is 17.8 Å². The van der Waals surface area contributed by atoms with Gasteiger partial charge in [-0.05, 0) is 37.8 Å². The van der Waals surface area contributed by atoms with E-state index in [1.165, 1.54) is 6.07 Å². The van der Waals surface area contributed by atoms with Crippen LogP contribution in [0.25, 0.3) is 0 Å². The van der Waals surface area contributed by atoms with Gasteiger partial charge in [0.15, 0.2) is 4.91 Å². The minimum absolute atomic E-state index is 0.00511. The highest BCUT2D eigenvalue weighted by molar-refractivity contribution is 7.97. The fraction of sp³-hybridized carbons (Fsp3) is 0.273. The van der Waals surface area contributed by atoms with Gasteiger partial charge in [0.1, 0.15) is 5.70 Å². The van der Waals surface area contributed by atoms with E-state index >= 15 is 0 Å². The Morgan fingerprint density at radius 1 is 0.828 bits per heavy atom. The molecule has 2 aliphatic rings. The van der Waals surface area contributed by atoms with Crippen LogP contribution in [0.2, 0.25) is 0 Å². The van der Waals surface area contributed by atoms with E-state index in [-0.39, 0.29) is 16.8 Å². The summed E-state index contributed by atoms with van der Waals surface area (Å²) in [5.74, 6) is -1.05. The van der Waals surface area contributed by atoms with Gasteiger partial charge in [0.05, 0.1) is 5.69 Å². The summed E-state index contributed by atoms with van der Waals surface area (Å²) in [5.41, 5.74) is 1.49. The van der Waals surface area contributed by atoms with Crippen molar-refractivity contribution in [2.45, 2.75) is 26.2 Å². The molecule has 4 rings (SSSR count). The van der Waals surface area contributed by atoms with E-state index in [0.29, 0.717) is 18.8 Å². The number of aryl methyl sites for hydroxylation is 1. The Balaban J connectivity index is 1.88. The van der Waals surface area contributed by atoms with Crippen molar-refractivity contribution in [3.8, 4) is 0 Å². The summed E-state index contributed by atoms with van der Waals surface area (Å²) in [4.78, 5) is 27.9. The normalized spacial score (nSPS) is 17.3. The molecule has 29 heavy (non-hydrogen) atoms. The quantitative estimate of drug-likeness (QED) is 0.834. The third kappa shape index (κ3) is 3.46. The van der Waals surface area contributed by atoms with E-state index in [9.17, 15) is 18.0 Å². The number of rotatable bonds is 4. The lowest BCUT2D eigenvalue weighted by Gasteiger charge is -2.33. The molecule has 0 radical (unpaired) electrons. The molecule has 1 fully saturated rings. The zero-order valence-electron chi connectivity index (χ0n) is 16.1. The third-order valence-electron chi connectivity index (χ3n) is 5.38. The Hall–Kier alpha value is -2.93. The van der Waals surface area contributed by atoms with Gasteiger partial charge in [0.2, 0.25) is 11.6 Å². The summed E-state index contributed by atoms with van der Waals surface area (Å²) in [6.45, 7) is 2.89. The first-order valence-corrected chi connectivity index (χ1v) is 11.1. The number of benzene rings is 2. The van der Waals surface area contributed by atoms with Crippen molar-refractivity contribution < 1.29 is 18.0 Å². The highest BCUT2D eigenvalue weighted by Crippen LogP contribution is 2.33. The summed E-state index contributed by atoms with van der Waals surface area (Å²) < 4.78 is 29.2. The van der Waals surface area contributed by atoms with Crippen LogP contribution in [-0.4, -0.2) is 38.0 Å². The minimum atomic E-state index is -4.26. The molecule has 0 aromatic heterocycles. The van der Waals surface area contributed by atoms with Crippen LogP contribution < -0.4 is 4.72 Å². The maximum absolute atomic E-state index is 13.4. The molecule has 1 aliphatic heterocycles. The Labute approximate surface area is 170 Å². The van der Waals surface area contributed by atoms with E-state index in [1.54, 1.807) is 54.3 Å². The summed E-state index contributed by atoms with van der Waals surface area (Å²) >= 11 is 0. The molecule has 0 spiro atoms. The zero-order chi connectivity index (χ0) is 20.6. The van der Waals surface area contributed by atoms with E-state index < -0.39 is 26.5 Å². The lowest BCUT2D eigenvalue weighted by atomic mass is 9.91. The number of nitrogens with one attached hydrogen (secondary N) is 1. The number of piperidine rings is 1. The number of sulfonamides is 1. The second kappa shape index (κ2) is 7.48. The molecule has 7 heteroatoms. The highest BCUT2D eigenvalue weighted by Gasteiger charge is 2.41. The lowest BCUT2D eigenvalue weighted by Crippen LogP contribution is -2.40. The monoisotopic (exact) mass is 410 g/mol. The molecule has 0 saturated carbocycles. The summed E-state index contributed by atoms with van der Waals surface area (Å²) in [6.07, 6.45) is 2.72. The van der Waals surface area contributed by atoms with Crippen LogP contribution in [0.5, 0.6) is 0 Å². The van der Waals surface area contributed by atoms with Crippen LogP contribution in [0.3, 0.4) is 0 Å². The fourth-order valence-corrected chi connectivity index (χ4v) is 5.33. The Morgan fingerprint density at radius 2 is 1.41 bits per heavy atom. The number of anilines is 1. The number of fused-ring (bicyclic) bond motifs is 1. The van der Waals surface area contributed by atoms with E-state index in [2.05, 4.69) is 4.72 Å². The third-order valence-corrected chi connectivity index (χ3v) is 6.79. The molecule has 0 bridgehead atoms. The predicted octanol–water partition coefficient (Wildman–Crippen LogP) is 3.51. The van der Waals surface area contributed by atoms with Gasteiger partial charge in [-0.25, -0.2) is 8.42 Å². The molecule has 1 N–H and O–H groups in total. The number of likely N-dealkylation sites (tertiary alicyclic amines) is 1. The standard InChI is InChI=1S/C22H22N2O4S/c1-15-9-3-6-12-18(15)23-29(27,28)22-19(24-13-7-2-8-14-24)20(25)16-10-4-5-11-17(16)21(22)26/h3-6,9-12,23H,2,7-8,13-14H2,1H3. The van der Waals surface area contributed by atoms with Crippen LogP contribution >= 0.6 is 0 Å². The second-order valence-electron chi connectivity index (χ2n) is 7.35. The number of ketones is 2. The molecule has 1 heterocycles. The van der Waals surface area contributed by atoms with Gasteiger partial charge < -0.3 is 4.90 Å². The minimum Gasteiger partial charge on any atom is -0.367 e. The van der Waals surface area contributed by atoms with Gasteiger partial charge in [-0.3, -0.25) is 14.3 Å². The van der Waals surface area contributed by atoms with Gasteiger partial charge in [0.25, 0.3) is 10.0 Å². The number of hydrogen-bond acceptors (Lipinski definition) is 5. The lowest BCUT2D eigenvalue weighted by molar-refractivity contribution is 0.0939. The SMILES string of the molecule is Cc1ccccc1NS(=O)(=O)C1=C(N2CCCCC2)C(=O)c2ccccc2C1=O. The van der Waals surface area contributed by atoms with E-state index in [4.69, 9.17) is 0 Å². The smallest absolute Gasteiger partial charge is 0.268 e. The number of carbonyl (C=O) groups excluding carboxylic acids is 2. The fourth-order valence-electron chi connectivity index (χ4n) is 3.88. The molecule has 150 valence electrons. The van der Waals surface area contributed by atoms with Crippen molar-refractivity contribution in [1.82, 2.24) is 4.90 Å². The molecule has 2 aromatic rings. The van der Waals surface area contributed by atoms with Gasteiger partial charge in [-0.15, -0.1) is 0 Å². The number of nitrogens with zero attached hydrogens (tertiary/aromatic N) is 1. The van der Waals surface area contributed by atoms with Crippen molar-refractivity contribution in [2.24, 2.45) is 0 Å². The summed E-state index contributed by atoms with van der Waals surface area (Å²) in [6, 6.07) is 13.3. The average Bonchev–Trinajstić information content (AvgIpc) is 2.72. The molecular formula is C22H22N2O4S. The van der Waals surface area contributed by atoms with Crippen molar-refractivity contribution in [3.05, 3.63) is 75.8 Å².